The Kier molecular flexibility index (Phi) is 5.92. The number of hydrogen-bond acceptors (Lipinski definition) is 7. The Balaban J connectivity index is 1.35. The van der Waals surface area contributed by atoms with Gasteiger partial charge in [0.1, 0.15) is 11.5 Å². The maximum atomic E-state index is 12.6. The van der Waals surface area contributed by atoms with E-state index in [2.05, 4.69) is 9.88 Å². The fourth-order valence-corrected chi connectivity index (χ4v) is 5.87. The molecular weight excluding hydrogens is 422 g/mol. The summed E-state index contributed by atoms with van der Waals surface area (Å²) in [5, 5.41) is 0.905. The van der Waals surface area contributed by atoms with Gasteiger partial charge < -0.3 is 14.5 Å². The maximum Gasteiger partial charge on any atom is 0.237 e. The number of methoxy groups -OCH3 is 1. The van der Waals surface area contributed by atoms with Crippen molar-refractivity contribution in [1.82, 2.24) is 9.88 Å². The molecule has 0 saturated carbocycles. The summed E-state index contributed by atoms with van der Waals surface area (Å²) in [7, 11) is -1.86. The number of fused-ring (bicyclic) bond motifs is 1. The fraction of sp³-hybridized carbons (Fsp3) is 0.333. The summed E-state index contributed by atoms with van der Waals surface area (Å²) in [5.74, 6) is -0.109. The highest BCUT2D eigenvalue weighted by molar-refractivity contribution is 7.91. The number of amides is 1. The predicted molar refractivity (Wildman–Crippen MR) is 119 cm³/mol. The first kappa shape index (κ1) is 20.6. The number of piperazine rings is 1. The lowest BCUT2D eigenvalue weighted by molar-refractivity contribution is -0.128. The number of thiazole rings is 1. The Morgan fingerprint density at radius 3 is 2.53 bits per heavy atom. The van der Waals surface area contributed by atoms with Gasteiger partial charge in [-0.15, -0.1) is 0 Å². The van der Waals surface area contributed by atoms with Crippen molar-refractivity contribution in [2.45, 2.75) is 5.75 Å². The second-order valence-electron chi connectivity index (χ2n) is 7.22. The highest BCUT2D eigenvalue weighted by Crippen LogP contribution is 2.31. The molecule has 2 aromatic carbocycles. The van der Waals surface area contributed by atoms with Crippen molar-refractivity contribution in [3.63, 3.8) is 0 Å². The molecule has 0 atom stereocenters. The van der Waals surface area contributed by atoms with Crippen molar-refractivity contribution in [2.24, 2.45) is 0 Å². The van der Waals surface area contributed by atoms with Crippen molar-refractivity contribution < 1.29 is 17.9 Å². The first-order chi connectivity index (χ1) is 14.4. The van der Waals surface area contributed by atoms with Gasteiger partial charge in [0.25, 0.3) is 0 Å². The molecule has 1 saturated heterocycles. The van der Waals surface area contributed by atoms with E-state index in [0.29, 0.717) is 31.7 Å². The standard InChI is InChI=1S/C21H23N3O4S2/c1-28-17-7-8-18-19(13-17)29-21(22-18)24-11-9-23(10-12-24)20(25)15-30(26,27)14-16-5-3-2-4-6-16/h2-8,13H,9-12,14-15H2,1H3. The van der Waals surface area contributed by atoms with Crippen LogP contribution in [0.1, 0.15) is 5.56 Å². The number of benzene rings is 2. The summed E-state index contributed by atoms with van der Waals surface area (Å²) in [4.78, 5) is 21.0. The van der Waals surface area contributed by atoms with Crippen LogP contribution in [-0.4, -0.2) is 63.3 Å². The van der Waals surface area contributed by atoms with E-state index in [1.807, 2.05) is 24.3 Å². The lowest BCUT2D eigenvalue weighted by Crippen LogP contribution is -2.50. The maximum absolute atomic E-state index is 12.6. The van der Waals surface area contributed by atoms with E-state index >= 15 is 0 Å². The number of sulfone groups is 1. The predicted octanol–water partition coefficient (Wildman–Crippen LogP) is 2.57. The molecule has 0 aliphatic carbocycles. The zero-order chi connectivity index (χ0) is 21.1. The van der Waals surface area contributed by atoms with Crippen molar-refractivity contribution in [3.05, 3.63) is 54.1 Å². The lowest BCUT2D eigenvalue weighted by Gasteiger charge is -2.34. The second-order valence-corrected chi connectivity index (χ2v) is 10.3. The zero-order valence-electron chi connectivity index (χ0n) is 16.7. The fourth-order valence-electron chi connectivity index (χ4n) is 3.46. The Morgan fingerprint density at radius 1 is 1.10 bits per heavy atom. The summed E-state index contributed by atoms with van der Waals surface area (Å²) >= 11 is 1.59. The minimum absolute atomic E-state index is 0.116. The van der Waals surface area contributed by atoms with Gasteiger partial charge in [-0.05, 0) is 23.8 Å². The average Bonchev–Trinajstić information content (AvgIpc) is 3.17. The van der Waals surface area contributed by atoms with E-state index in [4.69, 9.17) is 4.74 Å². The summed E-state index contributed by atoms with van der Waals surface area (Å²) in [6, 6.07) is 14.7. The molecule has 1 aromatic heterocycles. The van der Waals surface area contributed by atoms with Crippen molar-refractivity contribution in [1.29, 1.82) is 0 Å². The molecule has 4 rings (SSSR count). The Labute approximate surface area is 179 Å². The Bertz CT molecular complexity index is 1140. The number of rotatable bonds is 6. The van der Waals surface area contributed by atoms with E-state index in [0.717, 1.165) is 21.1 Å². The summed E-state index contributed by atoms with van der Waals surface area (Å²) < 4.78 is 31.1. The third-order valence-corrected chi connectivity index (χ3v) is 7.60. The number of nitrogens with zero attached hydrogens (tertiary/aromatic N) is 3. The van der Waals surface area contributed by atoms with Gasteiger partial charge in [-0.25, -0.2) is 13.4 Å². The Morgan fingerprint density at radius 2 is 1.83 bits per heavy atom. The first-order valence-electron chi connectivity index (χ1n) is 9.65. The molecule has 3 aromatic rings. The van der Waals surface area contributed by atoms with Gasteiger partial charge in [-0.3, -0.25) is 4.79 Å². The summed E-state index contributed by atoms with van der Waals surface area (Å²) in [6.45, 7) is 2.22. The third-order valence-electron chi connectivity index (χ3n) is 5.06. The highest BCUT2D eigenvalue weighted by Gasteiger charge is 2.26. The van der Waals surface area contributed by atoms with E-state index < -0.39 is 15.6 Å². The molecule has 1 aliphatic rings. The van der Waals surface area contributed by atoms with Crippen LogP contribution in [0.25, 0.3) is 10.2 Å². The molecule has 1 aliphatic heterocycles. The normalized spacial score (nSPS) is 14.8. The van der Waals surface area contributed by atoms with Gasteiger partial charge in [0.15, 0.2) is 15.0 Å². The molecule has 0 radical (unpaired) electrons. The minimum Gasteiger partial charge on any atom is -0.497 e. The van der Waals surface area contributed by atoms with Crippen molar-refractivity contribution >= 4 is 42.4 Å². The number of aromatic nitrogens is 1. The van der Waals surface area contributed by atoms with Crippen LogP contribution in [0, 0.1) is 0 Å². The highest BCUT2D eigenvalue weighted by atomic mass is 32.2. The summed E-state index contributed by atoms with van der Waals surface area (Å²) in [6.07, 6.45) is 0. The first-order valence-corrected chi connectivity index (χ1v) is 12.3. The molecular formula is C21H23N3O4S2. The topological polar surface area (TPSA) is 79.8 Å². The monoisotopic (exact) mass is 445 g/mol. The number of carbonyl (C=O) groups is 1. The minimum atomic E-state index is -3.50. The molecule has 1 fully saturated rings. The molecule has 0 spiro atoms. The average molecular weight is 446 g/mol. The number of ether oxygens (including phenoxy) is 1. The van der Waals surface area contributed by atoms with Gasteiger partial charge in [-0.1, -0.05) is 41.7 Å². The molecule has 2 heterocycles. The summed E-state index contributed by atoms with van der Waals surface area (Å²) in [5.41, 5.74) is 1.61. The van der Waals surface area contributed by atoms with Gasteiger partial charge in [0.05, 0.1) is 23.1 Å². The Hall–Kier alpha value is -2.65. The third kappa shape index (κ3) is 4.73. The largest absolute Gasteiger partial charge is 0.497 e. The molecule has 0 unspecified atom stereocenters. The quantitative estimate of drug-likeness (QED) is 0.580. The van der Waals surface area contributed by atoms with Crippen LogP contribution in [0.3, 0.4) is 0 Å². The van der Waals surface area contributed by atoms with Crippen LogP contribution in [0.15, 0.2) is 48.5 Å². The van der Waals surface area contributed by atoms with Gasteiger partial charge in [0, 0.05) is 26.2 Å². The lowest BCUT2D eigenvalue weighted by atomic mass is 10.2. The van der Waals surface area contributed by atoms with Crippen LogP contribution in [-0.2, 0) is 20.4 Å². The van der Waals surface area contributed by atoms with Crippen LogP contribution in [0.2, 0.25) is 0 Å². The second kappa shape index (κ2) is 8.61. The van der Waals surface area contributed by atoms with Crippen molar-refractivity contribution in [2.75, 3.05) is 43.9 Å². The molecule has 9 heteroatoms. The van der Waals surface area contributed by atoms with Crippen molar-refractivity contribution in [3.8, 4) is 5.75 Å². The molecule has 30 heavy (non-hydrogen) atoms. The van der Waals surface area contributed by atoms with E-state index in [9.17, 15) is 13.2 Å². The molecule has 158 valence electrons. The van der Waals surface area contributed by atoms with Gasteiger partial charge in [-0.2, -0.15) is 0 Å². The van der Waals surface area contributed by atoms with E-state index in [1.165, 1.54) is 0 Å². The molecule has 7 nitrogen and oxygen atoms in total. The zero-order valence-corrected chi connectivity index (χ0v) is 18.3. The number of hydrogen-bond donors (Lipinski definition) is 0. The van der Waals surface area contributed by atoms with Crippen LogP contribution >= 0.6 is 11.3 Å². The number of carbonyl (C=O) groups excluding carboxylic acids is 1. The smallest absolute Gasteiger partial charge is 0.237 e. The van der Waals surface area contributed by atoms with E-state index in [-0.39, 0.29) is 11.7 Å². The molecule has 0 N–H and O–H groups in total. The molecule has 0 bridgehead atoms. The van der Waals surface area contributed by atoms with Gasteiger partial charge in [0.2, 0.25) is 5.91 Å². The number of anilines is 1. The van der Waals surface area contributed by atoms with Crippen LogP contribution in [0.5, 0.6) is 5.75 Å². The van der Waals surface area contributed by atoms with E-state index in [1.54, 1.807) is 47.6 Å². The van der Waals surface area contributed by atoms with Gasteiger partial charge >= 0.3 is 0 Å². The molecule has 1 amide bonds. The van der Waals surface area contributed by atoms with Crippen LogP contribution < -0.4 is 9.64 Å². The SMILES string of the molecule is COc1ccc2nc(N3CCN(C(=O)CS(=O)(=O)Cc4ccccc4)CC3)sc2c1. The van der Waals surface area contributed by atoms with Crippen LogP contribution in [0.4, 0.5) is 5.13 Å².